The van der Waals surface area contributed by atoms with Gasteiger partial charge in [-0.05, 0) is 56.9 Å². The van der Waals surface area contributed by atoms with Gasteiger partial charge in [-0.2, -0.15) is 0 Å². The Kier molecular flexibility index (Phi) is 3.82. The van der Waals surface area contributed by atoms with Crippen molar-refractivity contribution in [1.29, 1.82) is 0 Å². The van der Waals surface area contributed by atoms with Crippen LogP contribution in [-0.4, -0.2) is 26.3 Å². The minimum absolute atomic E-state index is 0.833. The zero-order valence-corrected chi connectivity index (χ0v) is 9.30. The number of hydrogen-bond acceptors (Lipinski definition) is 2. The Labute approximate surface area is 87.4 Å². The molecule has 2 heteroatoms. The number of ether oxygens (including phenoxy) is 1. The minimum Gasteiger partial charge on any atom is -0.385 e. The van der Waals surface area contributed by atoms with E-state index < -0.39 is 0 Å². The predicted molar refractivity (Wildman–Crippen MR) is 58.3 cm³/mol. The fraction of sp³-hybridized carbons (Fsp3) is 1.00. The molecule has 1 aliphatic carbocycles. The molecule has 1 saturated carbocycles. The van der Waals surface area contributed by atoms with Gasteiger partial charge in [0, 0.05) is 19.8 Å². The molecule has 1 saturated heterocycles. The van der Waals surface area contributed by atoms with Crippen molar-refractivity contribution in [2.24, 2.45) is 11.8 Å². The van der Waals surface area contributed by atoms with Crippen molar-refractivity contribution >= 4 is 0 Å². The summed E-state index contributed by atoms with van der Waals surface area (Å²) in [6, 6.07) is 0.833. The first-order valence-corrected chi connectivity index (χ1v) is 6.14. The second-order valence-corrected chi connectivity index (χ2v) is 4.84. The normalized spacial score (nSPS) is 29.4. The van der Waals surface area contributed by atoms with Gasteiger partial charge in [0.2, 0.25) is 0 Å². The predicted octanol–water partition coefficient (Wildman–Crippen LogP) is 2.19. The molecule has 2 fully saturated rings. The maximum absolute atomic E-state index is 5.13. The van der Waals surface area contributed by atoms with E-state index in [1.165, 1.54) is 45.1 Å². The summed E-state index contributed by atoms with van der Waals surface area (Å²) in [5, 5.41) is 3.66. The molecule has 1 N–H and O–H groups in total. The van der Waals surface area contributed by atoms with Gasteiger partial charge >= 0.3 is 0 Å². The van der Waals surface area contributed by atoms with E-state index in [0.717, 1.165) is 24.5 Å². The van der Waals surface area contributed by atoms with Gasteiger partial charge in [-0.1, -0.05) is 0 Å². The second-order valence-electron chi connectivity index (χ2n) is 4.84. The van der Waals surface area contributed by atoms with Crippen molar-refractivity contribution in [2.45, 2.75) is 44.6 Å². The zero-order chi connectivity index (χ0) is 9.80. The summed E-state index contributed by atoms with van der Waals surface area (Å²) in [6.07, 6.45) is 8.38. The topological polar surface area (TPSA) is 21.3 Å². The fourth-order valence-corrected chi connectivity index (χ4v) is 2.83. The van der Waals surface area contributed by atoms with Crippen molar-refractivity contribution in [3.05, 3.63) is 0 Å². The Morgan fingerprint density at radius 1 is 1.36 bits per heavy atom. The average Bonchev–Trinajstić information content (AvgIpc) is 2.88. The van der Waals surface area contributed by atoms with Crippen LogP contribution in [0.4, 0.5) is 0 Å². The van der Waals surface area contributed by atoms with Crippen LogP contribution in [0.5, 0.6) is 0 Å². The highest BCUT2D eigenvalue weighted by atomic mass is 16.5. The van der Waals surface area contributed by atoms with Gasteiger partial charge < -0.3 is 10.1 Å². The van der Waals surface area contributed by atoms with Gasteiger partial charge in [0.15, 0.2) is 0 Å². The van der Waals surface area contributed by atoms with Crippen LogP contribution in [0.3, 0.4) is 0 Å². The van der Waals surface area contributed by atoms with Crippen LogP contribution in [-0.2, 0) is 4.74 Å². The lowest BCUT2D eigenvalue weighted by Gasteiger charge is -2.23. The van der Waals surface area contributed by atoms with Crippen molar-refractivity contribution in [2.75, 3.05) is 20.3 Å². The molecule has 0 bridgehead atoms. The molecule has 2 unspecified atom stereocenters. The van der Waals surface area contributed by atoms with E-state index in [1.807, 2.05) is 0 Å². The van der Waals surface area contributed by atoms with Gasteiger partial charge in [-0.3, -0.25) is 0 Å². The molecule has 0 spiro atoms. The largest absolute Gasteiger partial charge is 0.385 e. The lowest BCUT2D eigenvalue weighted by molar-refractivity contribution is 0.179. The quantitative estimate of drug-likeness (QED) is 0.659. The first kappa shape index (κ1) is 10.4. The zero-order valence-electron chi connectivity index (χ0n) is 9.30. The van der Waals surface area contributed by atoms with E-state index in [9.17, 15) is 0 Å². The Hall–Kier alpha value is -0.0800. The molecule has 1 heterocycles. The highest BCUT2D eigenvalue weighted by Crippen LogP contribution is 2.42. The van der Waals surface area contributed by atoms with Crippen molar-refractivity contribution in [3.8, 4) is 0 Å². The molecule has 0 aromatic carbocycles. The maximum atomic E-state index is 5.13. The molecule has 0 radical (unpaired) electrons. The summed E-state index contributed by atoms with van der Waals surface area (Å²) in [5.74, 6) is 2.00. The SMILES string of the molecule is COCCCC(C1CC1)C1CCCN1. The lowest BCUT2D eigenvalue weighted by Crippen LogP contribution is -2.31. The number of hydrogen-bond donors (Lipinski definition) is 1. The van der Waals surface area contributed by atoms with Crippen molar-refractivity contribution in [1.82, 2.24) is 5.32 Å². The Balaban J connectivity index is 1.74. The molecule has 0 aromatic rings. The first-order chi connectivity index (χ1) is 6.92. The molecule has 82 valence electrons. The fourth-order valence-electron chi connectivity index (χ4n) is 2.83. The third-order valence-electron chi connectivity index (χ3n) is 3.73. The molecule has 0 aromatic heterocycles. The third kappa shape index (κ3) is 2.71. The van der Waals surface area contributed by atoms with E-state index in [4.69, 9.17) is 4.74 Å². The highest BCUT2D eigenvalue weighted by molar-refractivity contribution is 4.91. The second kappa shape index (κ2) is 5.13. The summed E-state index contributed by atoms with van der Waals surface area (Å²) in [6.45, 7) is 2.19. The minimum atomic E-state index is 0.833. The standard InChI is InChI=1S/C12H23NO/c1-14-9-3-4-11(10-6-7-10)12-5-2-8-13-12/h10-13H,2-9H2,1H3. The van der Waals surface area contributed by atoms with Crippen LogP contribution >= 0.6 is 0 Å². The first-order valence-electron chi connectivity index (χ1n) is 6.14. The number of rotatable bonds is 6. The molecule has 2 rings (SSSR count). The molecule has 1 aliphatic heterocycles. The van der Waals surface area contributed by atoms with Crippen LogP contribution < -0.4 is 5.32 Å². The molecule has 2 atom stereocenters. The Morgan fingerprint density at radius 3 is 2.79 bits per heavy atom. The Morgan fingerprint density at radius 2 is 2.21 bits per heavy atom. The van der Waals surface area contributed by atoms with Crippen LogP contribution in [0.15, 0.2) is 0 Å². The van der Waals surface area contributed by atoms with Crippen LogP contribution in [0.1, 0.15) is 38.5 Å². The number of nitrogens with one attached hydrogen (secondary N) is 1. The summed E-state index contributed by atoms with van der Waals surface area (Å²) in [4.78, 5) is 0. The molecular formula is C12H23NO. The summed E-state index contributed by atoms with van der Waals surface area (Å²) in [7, 11) is 1.81. The monoisotopic (exact) mass is 197 g/mol. The van der Waals surface area contributed by atoms with E-state index in [-0.39, 0.29) is 0 Å². The maximum Gasteiger partial charge on any atom is 0.0462 e. The van der Waals surface area contributed by atoms with Gasteiger partial charge in [0.1, 0.15) is 0 Å². The molecule has 2 nitrogen and oxygen atoms in total. The molecular weight excluding hydrogens is 174 g/mol. The third-order valence-corrected chi connectivity index (χ3v) is 3.73. The van der Waals surface area contributed by atoms with Gasteiger partial charge in [-0.15, -0.1) is 0 Å². The van der Waals surface area contributed by atoms with Crippen LogP contribution in [0.25, 0.3) is 0 Å². The van der Waals surface area contributed by atoms with Gasteiger partial charge in [-0.25, -0.2) is 0 Å². The van der Waals surface area contributed by atoms with Crippen molar-refractivity contribution in [3.63, 3.8) is 0 Å². The van der Waals surface area contributed by atoms with Gasteiger partial charge in [0.05, 0.1) is 0 Å². The van der Waals surface area contributed by atoms with E-state index in [1.54, 1.807) is 7.11 Å². The smallest absolute Gasteiger partial charge is 0.0462 e. The summed E-state index contributed by atoms with van der Waals surface area (Å²) >= 11 is 0. The van der Waals surface area contributed by atoms with E-state index in [2.05, 4.69) is 5.32 Å². The van der Waals surface area contributed by atoms with Crippen LogP contribution in [0.2, 0.25) is 0 Å². The number of methoxy groups -OCH3 is 1. The lowest BCUT2D eigenvalue weighted by atomic mass is 9.89. The molecule has 2 aliphatic rings. The van der Waals surface area contributed by atoms with Crippen molar-refractivity contribution < 1.29 is 4.74 Å². The van der Waals surface area contributed by atoms with E-state index >= 15 is 0 Å². The molecule has 0 amide bonds. The van der Waals surface area contributed by atoms with Crippen LogP contribution in [0, 0.1) is 11.8 Å². The summed E-state index contributed by atoms with van der Waals surface area (Å²) in [5.41, 5.74) is 0. The molecule has 14 heavy (non-hydrogen) atoms. The highest BCUT2D eigenvalue weighted by Gasteiger charge is 2.36. The van der Waals surface area contributed by atoms with E-state index in [0.29, 0.717) is 0 Å². The Bertz CT molecular complexity index is 162. The summed E-state index contributed by atoms with van der Waals surface area (Å²) < 4.78 is 5.13. The average molecular weight is 197 g/mol. The van der Waals surface area contributed by atoms with Gasteiger partial charge in [0.25, 0.3) is 0 Å².